The number of rotatable bonds is 4. The summed E-state index contributed by atoms with van der Waals surface area (Å²) in [6, 6.07) is -2.52. The highest BCUT2D eigenvalue weighted by molar-refractivity contribution is 7.90. The van der Waals surface area contributed by atoms with Gasteiger partial charge in [0.1, 0.15) is 18.1 Å². The third kappa shape index (κ3) is 7.02. The van der Waals surface area contributed by atoms with Gasteiger partial charge in [0.2, 0.25) is 27.7 Å². The normalized spacial score (nSPS) is 28.6. The summed E-state index contributed by atoms with van der Waals surface area (Å²) in [5.41, 5.74) is 0. The van der Waals surface area contributed by atoms with Gasteiger partial charge in [0, 0.05) is 13.5 Å². The van der Waals surface area contributed by atoms with Crippen LogP contribution in [0.15, 0.2) is 12.2 Å². The Bertz CT molecular complexity index is 899. The lowest BCUT2D eigenvalue weighted by Gasteiger charge is -2.29. The van der Waals surface area contributed by atoms with Crippen molar-refractivity contribution in [3.63, 3.8) is 0 Å². The molecule has 3 aliphatic rings. The van der Waals surface area contributed by atoms with Gasteiger partial charge in [0.25, 0.3) is 5.91 Å². The van der Waals surface area contributed by atoms with Gasteiger partial charge in [-0.3, -0.25) is 23.9 Å². The van der Waals surface area contributed by atoms with Crippen molar-refractivity contribution in [1.29, 1.82) is 0 Å². The zero-order valence-electron chi connectivity index (χ0n) is 19.0. The van der Waals surface area contributed by atoms with E-state index in [1.54, 1.807) is 6.08 Å². The Kier molecular flexibility index (Phi) is 8.50. The molecule has 4 amide bonds. The molecule has 3 N–H and O–H groups in total. The number of nitrogens with zero attached hydrogens (tertiary/aromatic N) is 1. The maximum absolute atomic E-state index is 13.2. The van der Waals surface area contributed by atoms with Gasteiger partial charge in [-0.25, -0.2) is 8.42 Å². The summed E-state index contributed by atoms with van der Waals surface area (Å²) in [6.07, 6.45) is 9.74. The second-order valence-corrected chi connectivity index (χ2v) is 11.0. The fraction of sp³-hybridized carbons (Fsp3) is 0.727. The molecule has 3 atom stereocenters. The molecule has 33 heavy (non-hydrogen) atoms. The molecule has 0 spiro atoms. The van der Waals surface area contributed by atoms with Crippen LogP contribution in [-0.4, -0.2) is 66.9 Å². The van der Waals surface area contributed by atoms with E-state index >= 15 is 0 Å². The predicted molar refractivity (Wildman–Crippen MR) is 121 cm³/mol. The fourth-order valence-electron chi connectivity index (χ4n) is 4.32. The average molecular weight is 483 g/mol. The lowest BCUT2D eigenvalue weighted by atomic mass is 10.0. The van der Waals surface area contributed by atoms with Crippen molar-refractivity contribution in [2.45, 2.75) is 94.5 Å². The van der Waals surface area contributed by atoms with Crippen LogP contribution in [0.5, 0.6) is 0 Å². The summed E-state index contributed by atoms with van der Waals surface area (Å²) >= 11 is 0. The molecular formula is C22H34N4O6S. The van der Waals surface area contributed by atoms with Gasteiger partial charge >= 0.3 is 0 Å². The highest BCUT2D eigenvalue weighted by atomic mass is 32.2. The minimum Gasteiger partial charge on any atom is -0.345 e. The smallest absolute Gasteiger partial charge is 0.256 e. The number of nitrogens with one attached hydrogen (secondary N) is 3. The molecular weight excluding hydrogens is 448 g/mol. The van der Waals surface area contributed by atoms with Crippen molar-refractivity contribution >= 4 is 33.7 Å². The van der Waals surface area contributed by atoms with E-state index in [9.17, 15) is 27.6 Å². The van der Waals surface area contributed by atoms with Gasteiger partial charge in [0.15, 0.2) is 0 Å². The van der Waals surface area contributed by atoms with E-state index in [2.05, 4.69) is 15.4 Å². The van der Waals surface area contributed by atoms with Crippen LogP contribution in [0.3, 0.4) is 0 Å². The zero-order chi connectivity index (χ0) is 24.0. The molecule has 184 valence electrons. The molecule has 0 bridgehead atoms. The van der Waals surface area contributed by atoms with Crippen LogP contribution < -0.4 is 15.4 Å². The lowest BCUT2D eigenvalue weighted by Crippen LogP contribution is -2.56. The number of allylic oxidation sites excluding steroid dienone is 1. The average Bonchev–Trinajstić information content (AvgIpc) is 3.50. The van der Waals surface area contributed by atoms with E-state index in [1.807, 2.05) is 6.08 Å². The molecule has 2 aliphatic heterocycles. The van der Waals surface area contributed by atoms with Crippen LogP contribution in [0.2, 0.25) is 0 Å². The molecule has 10 nitrogen and oxygen atoms in total. The van der Waals surface area contributed by atoms with E-state index in [-0.39, 0.29) is 18.2 Å². The van der Waals surface area contributed by atoms with Crippen molar-refractivity contribution in [3.05, 3.63) is 12.2 Å². The Morgan fingerprint density at radius 1 is 1.03 bits per heavy atom. The van der Waals surface area contributed by atoms with Crippen molar-refractivity contribution in [2.24, 2.45) is 0 Å². The third-order valence-corrected chi connectivity index (χ3v) is 8.09. The molecule has 1 saturated heterocycles. The lowest BCUT2D eigenvalue weighted by molar-refractivity contribution is -0.142. The number of amides is 4. The molecule has 0 aromatic carbocycles. The summed E-state index contributed by atoms with van der Waals surface area (Å²) in [6.45, 7) is 1.75. The molecule has 0 radical (unpaired) electrons. The topological polar surface area (TPSA) is 142 Å². The number of sulfonamides is 1. The summed E-state index contributed by atoms with van der Waals surface area (Å²) < 4.78 is 26.6. The first-order valence-electron chi connectivity index (χ1n) is 11.8. The fourth-order valence-corrected chi connectivity index (χ4v) is 5.66. The van der Waals surface area contributed by atoms with Gasteiger partial charge in [-0.1, -0.05) is 25.0 Å². The quantitative estimate of drug-likeness (QED) is 0.498. The van der Waals surface area contributed by atoms with Crippen molar-refractivity contribution < 1.29 is 27.6 Å². The third-order valence-electron chi connectivity index (χ3n) is 6.26. The van der Waals surface area contributed by atoms with E-state index in [1.165, 1.54) is 11.8 Å². The van der Waals surface area contributed by atoms with Gasteiger partial charge in [-0.05, 0) is 51.4 Å². The van der Waals surface area contributed by atoms with Crippen LogP contribution in [0, 0.1) is 0 Å². The molecule has 2 heterocycles. The number of carbonyl (C=O) groups excluding carboxylic acids is 4. The van der Waals surface area contributed by atoms with E-state index in [0.29, 0.717) is 38.6 Å². The molecule has 0 unspecified atom stereocenters. The minimum absolute atomic E-state index is 0.160. The van der Waals surface area contributed by atoms with E-state index in [4.69, 9.17) is 0 Å². The first-order chi connectivity index (χ1) is 15.7. The van der Waals surface area contributed by atoms with Crippen molar-refractivity contribution in [2.75, 3.05) is 6.54 Å². The second-order valence-electron chi connectivity index (χ2n) is 9.06. The second kappa shape index (κ2) is 11.1. The first-order valence-corrected chi connectivity index (χ1v) is 13.3. The Labute approximate surface area is 195 Å². The van der Waals surface area contributed by atoms with Gasteiger partial charge in [-0.2, -0.15) is 0 Å². The van der Waals surface area contributed by atoms with Crippen LogP contribution in [0.25, 0.3) is 0 Å². The maximum Gasteiger partial charge on any atom is 0.256 e. The highest BCUT2D eigenvalue weighted by Crippen LogP contribution is 2.27. The summed E-state index contributed by atoms with van der Waals surface area (Å²) in [7, 11) is -3.74. The van der Waals surface area contributed by atoms with Crippen LogP contribution >= 0.6 is 0 Å². The predicted octanol–water partition coefficient (Wildman–Crippen LogP) is 0.486. The molecule has 11 heteroatoms. The monoisotopic (exact) mass is 482 g/mol. The van der Waals surface area contributed by atoms with Crippen LogP contribution in [0.1, 0.15) is 71.1 Å². The Morgan fingerprint density at radius 2 is 1.79 bits per heavy atom. The number of carbonyl (C=O) groups is 4. The van der Waals surface area contributed by atoms with Crippen molar-refractivity contribution in [1.82, 2.24) is 20.3 Å². The summed E-state index contributed by atoms with van der Waals surface area (Å²) in [5.74, 6) is -1.86. The largest absolute Gasteiger partial charge is 0.345 e. The summed E-state index contributed by atoms with van der Waals surface area (Å²) in [4.78, 5) is 52.2. The maximum atomic E-state index is 13.2. The van der Waals surface area contributed by atoms with Crippen LogP contribution in [0.4, 0.5) is 0 Å². The van der Waals surface area contributed by atoms with Crippen molar-refractivity contribution in [3.8, 4) is 0 Å². The number of hydrogen-bond acceptors (Lipinski definition) is 6. The molecule has 2 fully saturated rings. The Balaban J connectivity index is 1.78. The SMILES string of the molecule is CC(=O)N[C@H]1CCCCC/C=C\C[C@H](C(=O)NS(=O)(=O)C2CC2)NC(=O)[C@@H]2CCCN2C1=O. The zero-order valence-corrected chi connectivity index (χ0v) is 19.9. The molecule has 0 aromatic heterocycles. The van der Waals surface area contributed by atoms with Gasteiger partial charge < -0.3 is 15.5 Å². The van der Waals surface area contributed by atoms with E-state index < -0.39 is 45.2 Å². The Hall–Kier alpha value is -2.43. The minimum atomic E-state index is -3.74. The highest BCUT2D eigenvalue weighted by Gasteiger charge is 2.40. The molecule has 3 rings (SSSR count). The number of fused-ring (bicyclic) bond motifs is 1. The molecule has 1 aliphatic carbocycles. The number of hydrogen-bond donors (Lipinski definition) is 3. The first kappa shape index (κ1) is 25.2. The van der Waals surface area contributed by atoms with Gasteiger partial charge in [-0.15, -0.1) is 0 Å². The van der Waals surface area contributed by atoms with E-state index in [0.717, 1.165) is 25.7 Å². The van der Waals surface area contributed by atoms with Gasteiger partial charge in [0.05, 0.1) is 5.25 Å². The Morgan fingerprint density at radius 3 is 2.48 bits per heavy atom. The molecule has 1 saturated carbocycles. The summed E-state index contributed by atoms with van der Waals surface area (Å²) in [5, 5.41) is 4.83. The standard InChI is InChI=1S/C22H34N4O6S/c1-15(27)23-18-10-7-5-3-2-4-6-9-17(20(28)25-33(31,32)16-12-13-16)24-21(29)19-11-8-14-26(19)22(18)30/h4,6,16-19H,2-3,5,7-14H2,1H3,(H,23,27)(H,24,29)(H,25,28)/b6-4-/t17-,18+,19+/m1/s1. The molecule has 0 aromatic rings. The van der Waals surface area contributed by atoms with Crippen LogP contribution in [-0.2, 0) is 29.2 Å².